The lowest BCUT2D eigenvalue weighted by molar-refractivity contribution is -0.152. The largest absolute Gasteiger partial charge is 0.496 e. The van der Waals surface area contributed by atoms with Gasteiger partial charge in [-0.25, -0.2) is 14.2 Å². The molecule has 1 N–H and O–H groups in total. The van der Waals surface area contributed by atoms with E-state index in [4.69, 9.17) is 9.47 Å². The van der Waals surface area contributed by atoms with E-state index >= 15 is 0 Å². The number of aromatic nitrogens is 2. The number of nitrogens with one attached hydrogen (secondary N) is 1. The first-order valence-electron chi connectivity index (χ1n) is 11.9. The maximum Gasteiger partial charge on any atom is 0.328 e. The number of halogens is 1. The van der Waals surface area contributed by atoms with Gasteiger partial charge in [0.2, 0.25) is 5.91 Å². The Morgan fingerprint density at radius 2 is 2.00 bits per heavy atom. The monoisotopic (exact) mass is 477 g/mol. The molecule has 1 aliphatic carbocycles. The first kappa shape index (κ1) is 23.1. The van der Waals surface area contributed by atoms with Crippen LogP contribution in [0.1, 0.15) is 37.8 Å². The molecule has 0 radical (unpaired) electrons. The summed E-state index contributed by atoms with van der Waals surface area (Å²) in [6.45, 7) is 0.603. The minimum Gasteiger partial charge on any atom is -0.496 e. The van der Waals surface area contributed by atoms with E-state index in [2.05, 4.69) is 16.0 Å². The summed E-state index contributed by atoms with van der Waals surface area (Å²) in [5, 5.41) is 0.878. The number of allylic oxidation sites excluding steroid dienone is 2. The van der Waals surface area contributed by atoms with Gasteiger partial charge in [-0.1, -0.05) is 6.08 Å². The van der Waals surface area contributed by atoms with Crippen molar-refractivity contribution in [1.82, 2.24) is 14.9 Å². The number of aromatic amines is 1. The van der Waals surface area contributed by atoms with Gasteiger partial charge in [-0.15, -0.1) is 0 Å². The molecule has 7 nitrogen and oxygen atoms in total. The molecule has 2 aromatic heterocycles. The molecule has 0 saturated carbocycles. The number of methoxy groups -OCH3 is 2. The fourth-order valence-electron chi connectivity index (χ4n) is 5.27. The molecule has 1 amide bonds. The van der Waals surface area contributed by atoms with Gasteiger partial charge in [-0.3, -0.25) is 4.79 Å². The van der Waals surface area contributed by atoms with Gasteiger partial charge in [0.15, 0.2) is 0 Å². The normalized spacial score (nSPS) is 20.1. The molecule has 1 saturated heterocycles. The van der Waals surface area contributed by atoms with Crippen LogP contribution < -0.4 is 4.74 Å². The van der Waals surface area contributed by atoms with Crippen molar-refractivity contribution in [2.24, 2.45) is 5.92 Å². The number of carbonyl (C=O) groups excluding carboxylic acids is 2. The van der Waals surface area contributed by atoms with Gasteiger partial charge in [-0.2, -0.15) is 0 Å². The second-order valence-corrected chi connectivity index (χ2v) is 9.06. The predicted octanol–water partition coefficient (Wildman–Crippen LogP) is 4.73. The van der Waals surface area contributed by atoms with E-state index in [9.17, 15) is 14.0 Å². The molecule has 2 atom stereocenters. The number of rotatable bonds is 5. The van der Waals surface area contributed by atoms with Gasteiger partial charge in [0.1, 0.15) is 23.3 Å². The van der Waals surface area contributed by atoms with Crippen LogP contribution in [0.3, 0.4) is 0 Å². The molecule has 3 aromatic rings. The Balaban J connectivity index is 1.39. The Bertz CT molecular complexity index is 1310. The van der Waals surface area contributed by atoms with Crippen LogP contribution in [0.25, 0.3) is 27.7 Å². The maximum absolute atomic E-state index is 14.0. The van der Waals surface area contributed by atoms with Crippen LogP contribution in [0.4, 0.5) is 4.39 Å². The molecule has 3 heterocycles. The topological polar surface area (TPSA) is 84.5 Å². The van der Waals surface area contributed by atoms with Gasteiger partial charge in [0.05, 0.1) is 14.2 Å². The summed E-state index contributed by atoms with van der Waals surface area (Å²) in [7, 11) is 2.93. The van der Waals surface area contributed by atoms with Crippen LogP contribution in [0.15, 0.2) is 42.6 Å². The number of nitrogens with zero attached hydrogens (tertiary/aromatic N) is 2. The zero-order valence-electron chi connectivity index (χ0n) is 19.8. The number of amides is 1. The number of hydrogen-bond donors (Lipinski definition) is 1. The Hall–Kier alpha value is -3.68. The standard InChI is InChI=1S/C27H28FN3O4/c1-34-24-10-9-18(28)14-20(24)19-11-12-29-25-21(19)15-22(30-25)16-5-7-17(8-6-16)26(32)31-13-3-4-23(31)27(33)35-2/h5,9-12,14-15,17,23H,3-4,6-8,13H2,1-2H3,(H,29,30). The lowest BCUT2D eigenvalue weighted by atomic mass is 9.87. The maximum atomic E-state index is 14.0. The summed E-state index contributed by atoms with van der Waals surface area (Å²) in [4.78, 5) is 34.7. The van der Waals surface area contributed by atoms with E-state index in [1.54, 1.807) is 24.3 Å². The Labute approximate surface area is 202 Å². The van der Waals surface area contributed by atoms with E-state index in [1.807, 2.05) is 12.1 Å². The number of fused-ring (bicyclic) bond motifs is 1. The number of hydrogen-bond acceptors (Lipinski definition) is 5. The molecular formula is C27H28FN3O4. The summed E-state index contributed by atoms with van der Waals surface area (Å²) >= 11 is 0. The smallest absolute Gasteiger partial charge is 0.328 e. The van der Waals surface area contributed by atoms with Crippen LogP contribution >= 0.6 is 0 Å². The van der Waals surface area contributed by atoms with Crippen LogP contribution in [0, 0.1) is 11.7 Å². The van der Waals surface area contributed by atoms with Crippen molar-refractivity contribution in [3.63, 3.8) is 0 Å². The van der Waals surface area contributed by atoms with Gasteiger partial charge < -0.3 is 19.4 Å². The average molecular weight is 478 g/mol. The fraction of sp³-hybridized carbons (Fsp3) is 0.370. The van der Waals surface area contributed by atoms with Crippen LogP contribution in [0.5, 0.6) is 5.75 Å². The number of carbonyl (C=O) groups is 2. The zero-order valence-corrected chi connectivity index (χ0v) is 19.8. The molecule has 0 bridgehead atoms. The first-order valence-corrected chi connectivity index (χ1v) is 11.9. The van der Waals surface area contributed by atoms with Gasteiger partial charge in [-0.05, 0) is 73.6 Å². The molecule has 1 aromatic carbocycles. The third-order valence-corrected chi connectivity index (χ3v) is 7.10. The minimum atomic E-state index is -0.462. The van der Waals surface area contributed by atoms with Crippen molar-refractivity contribution in [1.29, 1.82) is 0 Å². The lowest BCUT2D eigenvalue weighted by Crippen LogP contribution is -2.44. The van der Waals surface area contributed by atoms with Gasteiger partial charge in [0, 0.05) is 35.3 Å². The van der Waals surface area contributed by atoms with Gasteiger partial charge >= 0.3 is 5.97 Å². The Morgan fingerprint density at radius 3 is 2.74 bits per heavy atom. The van der Waals surface area contributed by atoms with Crippen molar-refractivity contribution < 1.29 is 23.5 Å². The van der Waals surface area contributed by atoms with Crippen molar-refractivity contribution in [2.45, 2.75) is 38.1 Å². The average Bonchev–Trinajstić information content (AvgIpc) is 3.55. The minimum absolute atomic E-state index is 0.0343. The van der Waals surface area contributed by atoms with Crippen molar-refractivity contribution in [3.8, 4) is 16.9 Å². The number of likely N-dealkylation sites (tertiary alicyclic amines) is 1. The number of pyridine rings is 1. The Kier molecular flexibility index (Phi) is 6.28. The molecule has 182 valence electrons. The van der Waals surface area contributed by atoms with Crippen molar-refractivity contribution in [3.05, 3.63) is 54.1 Å². The summed E-state index contributed by atoms with van der Waals surface area (Å²) in [6, 6.07) is 7.89. The van der Waals surface area contributed by atoms with Gasteiger partial charge in [0.25, 0.3) is 0 Å². The van der Waals surface area contributed by atoms with Crippen molar-refractivity contribution in [2.75, 3.05) is 20.8 Å². The summed E-state index contributed by atoms with van der Waals surface area (Å²) < 4.78 is 24.4. The first-order chi connectivity index (χ1) is 17.0. The SMILES string of the molecule is COC(=O)C1CCCN1C(=O)C1CC=C(c2cc3c(-c4cc(F)ccc4OC)ccnc3[nH]2)CC1. The number of H-pyrrole nitrogens is 1. The molecule has 2 aliphatic rings. The third kappa shape index (κ3) is 4.29. The van der Waals surface area contributed by atoms with E-state index in [0.717, 1.165) is 35.1 Å². The Morgan fingerprint density at radius 1 is 1.14 bits per heavy atom. The second kappa shape index (κ2) is 9.52. The van der Waals surface area contributed by atoms with Crippen LogP contribution in [0.2, 0.25) is 0 Å². The van der Waals surface area contributed by atoms with E-state index < -0.39 is 6.04 Å². The molecule has 2 unspecified atom stereocenters. The zero-order chi connectivity index (χ0) is 24.5. The number of benzene rings is 1. The molecule has 5 rings (SSSR count). The number of ether oxygens (including phenoxy) is 2. The number of esters is 1. The highest BCUT2D eigenvalue weighted by Gasteiger charge is 2.38. The predicted molar refractivity (Wildman–Crippen MR) is 130 cm³/mol. The van der Waals surface area contributed by atoms with Crippen LogP contribution in [-0.2, 0) is 14.3 Å². The molecule has 8 heteroatoms. The molecule has 35 heavy (non-hydrogen) atoms. The summed E-state index contributed by atoms with van der Waals surface area (Å²) in [5.74, 6) is -0.184. The molecular weight excluding hydrogens is 449 g/mol. The summed E-state index contributed by atoms with van der Waals surface area (Å²) in [5.41, 5.74) is 4.27. The highest BCUT2D eigenvalue weighted by Crippen LogP contribution is 2.38. The van der Waals surface area contributed by atoms with Crippen molar-refractivity contribution >= 4 is 28.5 Å². The van der Waals surface area contributed by atoms with Crippen LogP contribution in [-0.4, -0.2) is 53.6 Å². The third-order valence-electron chi connectivity index (χ3n) is 7.10. The van der Waals surface area contributed by atoms with E-state index in [-0.39, 0.29) is 23.6 Å². The second-order valence-electron chi connectivity index (χ2n) is 9.06. The quantitative estimate of drug-likeness (QED) is 0.538. The summed E-state index contributed by atoms with van der Waals surface area (Å²) in [6.07, 6.45) is 7.34. The molecule has 0 spiro atoms. The highest BCUT2D eigenvalue weighted by molar-refractivity contribution is 5.97. The fourth-order valence-corrected chi connectivity index (χ4v) is 5.27. The van der Waals surface area contributed by atoms with E-state index in [0.29, 0.717) is 42.8 Å². The lowest BCUT2D eigenvalue weighted by Gasteiger charge is -2.29. The molecule has 1 fully saturated rings. The highest BCUT2D eigenvalue weighted by atomic mass is 19.1. The molecule has 1 aliphatic heterocycles. The van der Waals surface area contributed by atoms with E-state index in [1.165, 1.54) is 19.2 Å².